The molecule has 3 N–H and O–H groups in total. The summed E-state index contributed by atoms with van der Waals surface area (Å²) in [4.78, 5) is 2.21. The van der Waals surface area contributed by atoms with Crippen LogP contribution in [0.15, 0.2) is 0 Å². The lowest BCUT2D eigenvalue weighted by Crippen LogP contribution is -2.56. The number of primary sulfonamides is 1. The fourth-order valence-corrected chi connectivity index (χ4v) is 2.72. The van der Waals surface area contributed by atoms with Gasteiger partial charge >= 0.3 is 0 Å². The highest BCUT2D eigenvalue weighted by molar-refractivity contribution is 7.89. The summed E-state index contributed by atoms with van der Waals surface area (Å²) >= 11 is 0. The molecule has 0 amide bonds. The topological polar surface area (TPSA) is 75.4 Å². The zero-order valence-corrected chi connectivity index (χ0v) is 10.7. The highest BCUT2D eigenvalue weighted by atomic mass is 35.5. The molecule has 92 valence electrons. The Morgan fingerprint density at radius 3 is 2.20 bits per heavy atom. The number of likely N-dealkylation sites (tertiary alicyclic amines) is 1. The molecule has 0 saturated carbocycles. The van der Waals surface area contributed by atoms with Crippen LogP contribution in [0.25, 0.3) is 0 Å². The highest BCUT2D eigenvalue weighted by Crippen LogP contribution is 2.18. The number of nitrogens with two attached hydrogens (primary N) is 1. The van der Waals surface area contributed by atoms with Gasteiger partial charge in [0.1, 0.15) is 0 Å². The van der Waals surface area contributed by atoms with Crippen LogP contribution < -0.4 is 10.5 Å². The number of halogens is 2. The maximum absolute atomic E-state index is 11.0. The summed E-state index contributed by atoms with van der Waals surface area (Å²) in [7, 11) is -3.32. The largest absolute Gasteiger partial charge is 0.314 e. The molecule has 2 rings (SSSR count). The molecular weight excluding hydrogens is 261 g/mol. The van der Waals surface area contributed by atoms with Crippen LogP contribution in [0.2, 0.25) is 0 Å². The van der Waals surface area contributed by atoms with Crippen molar-refractivity contribution in [2.45, 2.75) is 17.7 Å². The molecule has 0 aromatic carbocycles. The van der Waals surface area contributed by atoms with Crippen LogP contribution in [0.3, 0.4) is 0 Å². The van der Waals surface area contributed by atoms with Gasteiger partial charge in [-0.15, -0.1) is 24.8 Å². The van der Waals surface area contributed by atoms with Gasteiger partial charge in [-0.25, -0.2) is 13.6 Å². The monoisotopic (exact) mass is 277 g/mol. The fraction of sp³-hybridized carbons (Fsp3) is 1.00. The third kappa shape index (κ3) is 3.44. The van der Waals surface area contributed by atoms with E-state index in [9.17, 15) is 8.42 Å². The first-order valence-corrected chi connectivity index (χ1v) is 6.14. The Hall–Kier alpha value is 0.410. The third-order valence-electron chi connectivity index (χ3n) is 2.92. The number of nitrogens with one attached hydrogen (secondary N) is 1. The maximum atomic E-state index is 11.0. The predicted octanol–water partition coefficient (Wildman–Crippen LogP) is -0.835. The Labute approximate surface area is 103 Å². The molecule has 0 bridgehead atoms. The Kier molecular flexibility index (Phi) is 5.81. The minimum absolute atomic E-state index is 0. The Balaban J connectivity index is 0.000000980. The van der Waals surface area contributed by atoms with E-state index in [0.717, 1.165) is 19.6 Å². The predicted molar refractivity (Wildman–Crippen MR) is 64.2 cm³/mol. The maximum Gasteiger partial charge on any atom is 0.213 e. The SMILES string of the molecule is Cl.Cl.NS(=O)(=O)C1CCN(C2CNC2)C1. The van der Waals surface area contributed by atoms with E-state index < -0.39 is 10.0 Å². The first-order valence-electron chi connectivity index (χ1n) is 4.54. The van der Waals surface area contributed by atoms with E-state index in [-0.39, 0.29) is 30.1 Å². The molecule has 1 atom stereocenters. The second-order valence-corrected chi connectivity index (χ2v) is 5.65. The Morgan fingerprint density at radius 2 is 1.87 bits per heavy atom. The van der Waals surface area contributed by atoms with Gasteiger partial charge in [-0.05, 0) is 13.0 Å². The summed E-state index contributed by atoms with van der Waals surface area (Å²) in [5, 5.41) is 7.92. The second-order valence-electron chi connectivity index (χ2n) is 3.81. The first-order chi connectivity index (χ1) is 6.07. The van der Waals surface area contributed by atoms with Gasteiger partial charge in [0.15, 0.2) is 0 Å². The van der Waals surface area contributed by atoms with Crippen molar-refractivity contribution in [3.63, 3.8) is 0 Å². The minimum atomic E-state index is -3.32. The van der Waals surface area contributed by atoms with Gasteiger partial charge in [0.2, 0.25) is 10.0 Å². The highest BCUT2D eigenvalue weighted by Gasteiger charge is 2.35. The molecule has 15 heavy (non-hydrogen) atoms. The quantitative estimate of drug-likeness (QED) is 0.691. The standard InChI is InChI=1S/C7H15N3O2S.2ClH/c8-13(11,12)7-1-2-10(5-7)6-3-9-4-6;;/h6-7,9H,1-5H2,(H2,8,11,12);2*1H. The Morgan fingerprint density at radius 1 is 1.27 bits per heavy atom. The average molecular weight is 278 g/mol. The van der Waals surface area contributed by atoms with Gasteiger partial charge in [-0.1, -0.05) is 0 Å². The van der Waals surface area contributed by atoms with Crippen molar-refractivity contribution in [1.82, 2.24) is 10.2 Å². The van der Waals surface area contributed by atoms with Gasteiger partial charge in [-0.2, -0.15) is 0 Å². The molecule has 0 aromatic heterocycles. The molecule has 1 unspecified atom stereocenters. The lowest BCUT2D eigenvalue weighted by molar-refractivity contribution is 0.180. The summed E-state index contributed by atoms with van der Waals surface area (Å²) in [5.74, 6) is 0. The van der Waals surface area contributed by atoms with Crippen molar-refractivity contribution in [2.24, 2.45) is 5.14 Å². The van der Waals surface area contributed by atoms with Crippen LogP contribution in [0, 0.1) is 0 Å². The van der Waals surface area contributed by atoms with E-state index >= 15 is 0 Å². The van der Waals surface area contributed by atoms with Gasteiger partial charge in [-0.3, -0.25) is 4.90 Å². The molecule has 2 saturated heterocycles. The summed E-state index contributed by atoms with van der Waals surface area (Å²) < 4.78 is 22.1. The van der Waals surface area contributed by atoms with Crippen molar-refractivity contribution >= 4 is 34.8 Å². The number of hydrogen-bond acceptors (Lipinski definition) is 4. The minimum Gasteiger partial charge on any atom is -0.314 e. The lowest BCUT2D eigenvalue weighted by atomic mass is 10.1. The van der Waals surface area contributed by atoms with Crippen molar-refractivity contribution in [2.75, 3.05) is 26.2 Å². The fourth-order valence-electron chi connectivity index (χ4n) is 1.89. The van der Waals surface area contributed by atoms with Crippen LogP contribution in [-0.2, 0) is 10.0 Å². The van der Waals surface area contributed by atoms with Crippen LogP contribution in [-0.4, -0.2) is 50.8 Å². The molecule has 2 heterocycles. The van der Waals surface area contributed by atoms with Crippen LogP contribution in [0.1, 0.15) is 6.42 Å². The van der Waals surface area contributed by atoms with Crippen LogP contribution in [0.5, 0.6) is 0 Å². The zero-order chi connectivity index (χ0) is 9.47. The molecule has 0 radical (unpaired) electrons. The average Bonchev–Trinajstić information content (AvgIpc) is 2.29. The molecule has 2 aliphatic rings. The summed E-state index contributed by atoms with van der Waals surface area (Å²) in [5.41, 5.74) is 0. The van der Waals surface area contributed by atoms with E-state index in [0.29, 0.717) is 19.0 Å². The van der Waals surface area contributed by atoms with Crippen molar-refractivity contribution in [3.05, 3.63) is 0 Å². The molecular formula is C7H17Cl2N3O2S. The smallest absolute Gasteiger partial charge is 0.213 e. The van der Waals surface area contributed by atoms with Gasteiger partial charge in [0.25, 0.3) is 0 Å². The van der Waals surface area contributed by atoms with E-state index in [2.05, 4.69) is 10.2 Å². The summed E-state index contributed by atoms with van der Waals surface area (Å²) in [6.45, 7) is 3.45. The lowest BCUT2D eigenvalue weighted by Gasteiger charge is -2.35. The van der Waals surface area contributed by atoms with Crippen LogP contribution in [0.4, 0.5) is 0 Å². The van der Waals surface area contributed by atoms with Crippen molar-refractivity contribution < 1.29 is 8.42 Å². The zero-order valence-electron chi connectivity index (χ0n) is 8.26. The molecule has 0 spiro atoms. The molecule has 8 heteroatoms. The summed E-state index contributed by atoms with van der Waals surface area (Å²) in [6, 6.07) is 0.534. The molecule has 2 aliphatic heterocycles. The molecule has 0 aromatic rings. The normalized spacial score (nSPS) is 27.7. The number of nitrogens with zero attached hydrogens (tertiary/aromatic N) is 1. The molecule has 0 aliphatic carbocycles. The number of rotatable bonds is 2. The molecule has 5 nitrogen and oxygen atoms in total. The number of sulfonamides is 1. The number of hydrogen-bond donors (Lipinski definition) is 2. The first kappa shape index (κ1) is 15.4. The van der Waals surface area contributed by atoms with E-state index in [4.69, 9.17) is 5.14 Å². The van der Waals surface area contributed by atoms with Crippen LogP contribution >= 0.6 is 24.8 Å². The third-order valence-corrected chi connectivity index (χ3v) is 4.23. The Bertz CT molecular complexity index is 295. The van der Waals surface area contributed by atoms with Crippen molar-refractivity contribution in [1.29, 1.82) is 0 Å². The van der Waals surface area contributed by atoms with E-state index in [1.165, 1.54) is 0 Å². The summed E-state index contributed by atoms with van der Waals surface area (Å²) in [6.07, 6.45) is 0.690. The second kappa shape index (κ2) is 5.65. The van der Waals surface area contributed by atoms with Crippen molar-refractivity contribution in [3.8, 4) is 0 Å². The van der Waals surface area contributed by atoms with Gasteiger partial charge in [0, 0.05) is 25.7 Å². The van der Waals surface area contributed by atoms with E-state index in [1.54, 1.807) is 0 Å². The molecule has 2 fully saturated rings. The van der Waals surface area contributed by atoms with Gasteiger partial charge in [0.05, 0.1) is 5.25 Å². The van der Waals surface area contributed by atoms with E-state index in [1.807, 2.05) is 0 Å². The van der Waals surface area contributed by atoms with Gasteiger partial charge < -0.3 is 5.32 Å².